The van der Waals surface area contributed by atoms with Crippen LogP contribution in [-0.2, 0) is 10.5 Å². The Hall–Kier alpha value is -1.72. The largest absolute Gasteiger partial charge is 0.378 e. The summed E-state index contributed by atoms with van der Waals surface area (Å²) in [5, 5.41) is 6.22. The maximum Gasteiger partial charge on any atom is 0.193 e. The first-order valence-electron chi connectivity index (χ1n) is 9.93. The fourth-order valence-electron chi connectivity index (χ4n) is 3.64. The van der Waals surface area contributed by atoms with Crippen LogP contribution in [0.2, 0.25) is 0 Å². The molecule has 3 rings (SSSR count). The minimum absolute atomic E-state index is 0.417. The Balaban J connectivity index is 1.40. The van der Waals surface area contributed by atoms with Gasteiger partial charge in [0.25, 0.3) is 0 Å². The van der Waals surface area contributed by atoms with Crippen LogP contribution < -0.4 is 5.32 Å². The van der Waals surface area contributed by atoms with Crippen molar-refractivity contribution in [3.63, 3.8) is 0 Å². The Kier molecular flexibility index (Phi) is 7.84. The number of aliphatic imine (C=N–C) groups is 1. The Bertz CT molecular complexity index is 736. The zero-order chi connectivity index (χ0) is 18.9. The molecule has 1 heterocycles. The van der Waals surface area contributed by atoms with E-state index in [1.165, 1.54) is 16.3 Å². The van der Waals surface area contributed by atoms with E-state index in [2.05, 4.69) is 64.6 Å². The van der Waals surface area contributed by atoms with Crippen molar-refractivity contribution in [3.05, 3.63) is 48.0 Å². The van der Waals surface area contributed by atoms with Crippen LogP contribution in [0.4, 0.5) is 0 Å². The maximum atomic E-state index is 5.74. The van der Waals surface area contributed by atoms with E-state index < -0.39 is 0 Å². The molecule has 0 amide bonds. The standard InChI is InChI=1S/C22H31N3OS/c1-3-26-20-11-14-25(15-12-20)22(23-2)24-13-16-27-17-19-9-6-8-18-7-4-5-10-21(18)19/h4-10,20H,3,11-17H2,1-2H3,(H,23,24). The van der Waals surface area contributed by atoms with Gasteiger partial charge in [0.1, 0.15) is 0 Å². The molecule has 0 atom stereocenters. The van der Waals surface area contributed by atoms with E-state index in [4.69, 9.17) is 4.74 Å². The molecular weight excluding hydrogens is 354 g/mol. The van der Waals surface area contributed by atoms with Crippen molar-refractivity contribution in [3.8, 4) is 0 Å². The second-order valence-electron chi connectivity index (χ2n) is 6.81. The first kappa shape index (κ1) is 20.0. The molecule has 2 aromatic carbocycles. The van der Waals surface area contributed by atoms with E-state index in [0.29, 0.717) is 6.10 Å². The molecule has 1 fully saturated rings. The molecule has 0 aromatic heterocycles. The average Bonchev–Trinajstić information content (AvgIpc) is 2.72. The lowest BCUT2D eigenvalue weighted by atomic mass is 10.1. The third-order valence-electron chi connectivity index (χ3n) is 5.02. The van der Waals surface area contributed by atoms with Gasteiger partial charge in [0.15, 0.2) is 5.96 Å². The highest BCUT2D eigenvalue weighted by Gasteiger charge is 2.21. The summed E-state index contributed by atoms with van der Waals surface area (Å²) in [5.41, 5.74) is 1.42. The summed E-state index contributed by atoms with van der Waals surface area (Å²) >= 11 is 1.97. The summed E-state index contributed by atoms with van der Waals surface area (Å²) in [7, 11) is 1.88. The molecule has 1 saturated heterocycles. The number of rotatable bonds is 7. The third kappa shape index (κ3) is 5.63. The number of ether oxygens (including phenoxy) is 1. The van der Waals surface area contributed by atoms with Crippen LogP contribution in [0.1, 0.15) is 25.3 Å². The third-order valence-corrected chi connectivity index (χ3v) is 6.03. The van der Waals surface area contributed by atoms with Gasteiger partial charge in [-0.25, -0.2) is 0 Å². The topological polar surface area (TPSA) is 36.9 Å². The minimum atomic E-state index is 0.417. The van der Waals surface area contributed by atoms with Crippen LogP contribution >= 0.6 is 11.8 Å². The van der Waals surface area contributed by atoms with Crippen molar-refractivity contribution in [1.82, 2.24) is 10.2 Å². The summed E-state index contributed by atoms with van der Waals surface area (Å²) < 4.78 is 5.74. The lowest BCUT2D eigenvalue weighted by molar-refractivity contribution is 0.0264. The molecule has 146 valence electrons. The number of piperidine rings is 1. The molecule has 0 saturated carbocycles. The SMILES string of the molecule is CCOC1CCN(C(=NC)NCCSCc2cccc3ccccc23)CC1. The first-order valence-corrected chi connectivity index (χ1v) is 11.1. The van der Waals surface area contributed by atoms with E-state index in [9.17, 15) is 0 Å². The molecule has 2 aromatic rings. The molecule has 5 heteroatoms. The fourth-order valence-corrected chi connectivity index (χ4v) is 4.50. The number of nitrogens with zero attached hydrogens (tertiary/aromatic N) is 2. The second kappa shape index (κ2) is 10.6. The summed E-state index contributed by atoms with van der Waals surface area (Å²) in [4.78, 5) is 6.81. The zero-order valence-electron chi connectivity index (χ0n) is 16.5. The molecule has 0 bridgehead atoms. The van der Waals surface area contributed by atoms with Crippen molar-refractivity contribution in [2.45, 2.75) is 31.6 Å². The number of guanidine groups is 1. The average molecular weight is 386 g/mol. The molecule has 0 radical (unpaired) electrons. The predicted molar refractivity (Wildman–Crippen MR) is 118 cm³/mol. The Labute approximate surface area is 167 Å². The van der Waals surface area contributed by atoms with Crippen LogP contribution in [0.3, 0.4) is 0 Å². The number of nitrogens with one attached hydrogen (secondary N) is 1. The van der Waals surface area contributed by atoms with E-state index in [0.717, 1.165) is 56.5 Å². The normalized spacial score (nSPS) is 16.1. The van der Waals surface area contributed by atoms with Crippen molar-refractivity contribution >= 4 is 28.5 Å². The molecule has 4 nitrogen and oxygen atoms in total. The van der Waals surface area contributed by atoms with Gasteiger partial charge < -0.3 is 15.0 Å². The minimum Gasteiger partial charge on any atom is -0.378 e. The highest BCUT2D eigenvalue weighted by atomic mass is 32.2. The zero-order valence-corrected chi connectivity index (χ0v) is 17.3. The summed E-state index contributed by atoms with van der Waals surface area (Å²) in [6, 6.07) is 15.2. The predicted octanol–water partition coefficient (Wildman–Crippen LogP) is 4.15. The van der Waals surface area contributed by atoms with Crippen molar-refractivity contribution in [2.24, 2.45) is 4.99 Å². The van der Waals surface area contributed by atoms with Crippen LogP contribution in [0.25, 0.3) is 10.8 Å². The second-order valence-corrected chi connectivity index (χ2v) is 7.91. The molecule has 1 N–H and O–H groups in total. The molecule has 0 unspecified atom stereocenters. The van der Waals surface area contributed by atoms with Gasteiger partial charge in [0.05, 0.1) is 6.10 Å². The molecule has 27 heavy (non-hydrogen) atoms. The monoisotopic (exact) mass is 385 g/mol. The number of hydrogen-bond donors (Lipinski definition) is 1. The van der Waals surface area contributed by atoms with Gasteiger partial charge in [-0.3, -0.25) is 4.99 Å². The number of likely N-dealkylation sites (tertiary alicyclic amines) is 1. The maximum absolute atomic E-state index is 5.74. The van der Waals surface area contributed by atoms with Gasteiger partial charge in [0.2, 0.25) is 0 Å². The quantitative estimate of drug-likeness (QED) is 0.441. The van der Waals surface area contributed by atoms with Gasteiger partial charge in [-0.1, -0.05) is 42.5 Å². The Morgan fingerprint density at radius 2 is 1.96 bits per heavy atom. The van der Waals surface area contributed by atoms with Crippen molar-refractivity contribution in [1.29, 1.82) is 0 Å². The molecule has 1 aliphatic rings. The molecule has 0 aliphatic carbocycles. The highest BCUT2D eigenvalue weighted by molar-refractivity contribution is 7.98. The van der Waals surface area contributed by atoms with Crippen LogP contribution in [-0.4, -0.2) is 56.0 Å². The molecular formula is C22H31N3OS. The van der Waals surface area contributed by atoms with Crippen molar-refractivity contribution in [2.75, 3.05) is 39.0 Å². The summed E-state index contributed by atoms with van der Waals surface area (Å²) in [6.45, 7) is 5.86. The Morgan fingerprint density at radius 1 is 1.19 bits per heavy atom. The van der Waals surface area contributed by atoms with Gasteiger partial charge in [-0.05, 0) is 36.1 Å². The van der Waals surface area contributed by atoms with Crippen LogP contribution in [0, 0.1) is 0 Å². The molecule has 0 spiro atoms. The van der Waals surface area contributed by atoms with Gasteiger partial charge >= 0.3 is 0 Å². The Morgan fingerprint density at radius 3 is 2.74 bits per heavy atom. The lowest BCUT2D eigenvalue weighted by Gasteiger charge is -2.34. The number of hydrogen-bond acceptors (Lipinski definition) is 3. The highest BCUT2D eigenvalue weighted by Crippen LogP contribution is 2.22. The van der Waals surface area contributed by atoms with E-state index in [1.54, 1.807) is 0 Å². The fraction of sp³-hybridized carbons (Fsp3) is 0.500. The smallest absolute Gasteiger partial charge is 0.193 e. The number of fused-ring (bicyclic) bond motifs is 1. The van der Waals surface area contributed by atoms with E-state index >= 15 is 0 Å². The van der Waals surface area contributed by atoms with Crippen LogP contribution in [0.5, 0.6) is 0 Å². The summed E-state index contributed by atoms with van der Waals surface area (Å²) in [5.74, 6) is 3.13. The van der Waals surface area contributed by atoms with E-state index in [1.807, 2.05) is 18.8 Å². The van der Waals surface area contributed by atoms with Gasteiger partial charge in [0, 0.05) is 44.8 Å². The first-order chi connectivity index (χ1) is 13.3. The van der Waals surface area contributed by atoms with E-state index in [-0.39, 0.29) is 0 Å². The van der Waals surface area contributed by atoms with Gasteiger partial charge in [-0.15, -0.1) is 0 Å². The summed E-state index contributed by atoms with van der Waals surface area (Å²) in [6.07, 6.45) is 2.59. The molecule has 1 aliphatic heterocycles. The van der Waals surface area contributed by atoms with Crippen molar-refractivity contribution < 1.29 is 4.74 Å². The van der Waals surface area contributed by atoms with Crippen LogP contribution in [0.15, 0.2) is 47.5 Å². The lowest BCUT2D eigenvalue weighted by Crippen LogP contribution is -2.47. The van der Waals surface area contributed by atoms with Gasteiger partial charge in [-0.2, -0.15) is 11.8 Å². The number of benzene rings is 2. The number of thioether (sulfide) groups is 1.